The topological polar surface area (TPSA) is 86.6 Å². The minimum absolute atomic E-state index is 0.149. The smallest absolute Gasteiger partial charge is 0.495 e. The normalized spacial score (nSPS) is 14.5. The Morgan fingerprint density at radius 1 is 0.607 bits per heavy atom. The molecular formula is C46H48BNO8. The van der Waals surface area contributed by atoms with E-state index >= 15 is 4.79 Å². The van der Waals surface area contributed by atoms with Gasteiger partial charge in [-0.05, 0) is 123 Å². The zero-order chi connectivity index (χ0) is 39.8. The van der Waals surface area contributed by atoms with Crippen molar-refractivity contribution in [1.29, 1.82) is 0 Å². The maximum absolute atomic E-state index is 15.4. The minimum atomic E-state index is -0.778. The van der Waals surface area contributed by atoms with Crippen LogP contribution in [0, 0.1) is 0 Å². The lowest BCUT2D eigenvalue weighted by Crippen LogP contribution is -2.41. The van der Waals surface area contributed by atoms with Crippen LogP contribution in [0.15, 0.2) is 103 Å². The molecule has 6 aromatic rings. The highest BCUT2D eigenvalue weighted by atomic mass is 16.7. The number of carbonyl (C=O) groups excluding carboxylic acids is 1. The molecule has 5 aromatic carbocycles. The SMILES string of the molecule is COc1ccc(CCn2c(C(=O)c3ccc(OC)cc3)c(-c3ccc(OC)cc3)c3c(B4OC(C)(C)C(C)(C)O4)cc(OC)c(-c4ccc(OC)cc4)c32)cc1. The molecule has 0 unspecified atom stereocenters. The summed E-state index contributed by atoms with van der Waals surface area (Å²) in [4.78, 5) is 15.4. The standard InChI is InChI=1S/C46H48BNO8/c1-45(2)46(3,4)56-47(55-45)37-28-38(54-9)39(30-12-20-34(51-6)21-13-30)42-41(37)40(31-14-22-35(52-7)23-15-31)43(44(49)32-16-24-36(53-8)25-17-32)48(42)27-26-29-10-18-33(50-5)19-11-29/h10-25,28H,26-27H2,1-9H3. The fourth-order valence-corrected chi connectivity index (χ4v) is 7.33. The molecule has 0 atom stereocenters. The van der Waals surface area contributed by atoms with Gasteiger partial charge in [0.25, 0.3) is 0 Å². The molecule has 10 heteroatoms. The second-order valence-electron chi connectivity index (χ2n) is 14.8. The molecule has 0 aliphatic carbocycles. The van der Waals surface area contributed by atoms with Crippen LogP contribution < -0.4 is 29.1 Å². The molecule has 56 heavy (non-hydrogen) atoms. The van der Waals surface area contributed by atoms with Gasteiger partial charge < -0.3 is 37.6 Å². The van der Waals surface area contributed by atoms with Crippen LogP contribution in [-0.4, -0.2) is 64.2 Å². The molecule has 0 bridgehead atoms. The number of hydrogen-bond acceptors (Lipinski definition) is 8. The third-order valence-corrected chi connectivity index (χ3v) is 11.2. The number of nitrogens with zero attached hydrogens (tertiary/aromatic N) is 1. The maximum atomic E-state index is 15.4. The number of hydrogen-bond donors (Lipinski definition) is 0. The molecule has 0 spiro atoms. The summed E-state index contributed by atoms with van der Waals surface area (Å²) in [6, 6.07) is 33.0. The Kier molecular flexibility index (Phi) is 10.6. The molecule has 0 radical (unpaired) electrons. The van der Waals surface area contributed by atoms with E-state index in [1.165, 1.54) is 0 Å². The lowest BCUT2D eigenvalue weighted by molar-refractivity contribution is 0.00578. The molecule has 0 amide bonds. The highest BCUT2D eigenvalue weighted by Crippen LogP contribution is 2.46. The van der Waals surface area contributed by atoms with E-state index < -0.39 is 18.3 Å². The molecule has 1 aliphatic heterocycles. The van der Waals surface area contributed by atoms with E-state index in [1.54, 1.807) is 35.5 Å². The number of ether oxygens (including phenoxy) is 5. The lowest BCUT2D eigenvalue weighted by Gasteiger charge is -2.32. The van der Waals surface area contributed by atoms with Gasteiger partial charge in [0.1, 0.15) is 28.7 Å². The third kappa shape index (κ3) is 6.99. The van der Waals surface area contributed by atoms with Crippen LogP contribution in [0.4, 0.5) is 0 Å². The average Bonchev–Trinajstić information content (AvgIpc) is 3.67. The number of methoxy groups -OCH3 is 5. The van der Waals surface area contributed by atoms with Crippen molar-refractivity contribution in [3.63, 3.8) is 0 Å². The Labute approximate surface area is 329 Å². The first kappa shape index (κ1) is 38.6. The van der Waals surface area contributed by atoms with E-state index in [9.17, 15) is 0 Å². The monoisotopic (exact) mass is 753 g/mol. The molecule has 2 heterocycles. The van der Waals surface area contributed by atoms with Gasteiger partial charge in [-0.1, -0.05) is 36.4 Å². The molecule has 1 aliphatic rings. The Morgan fingerprint density at radius 3 is 1.52 bits per heavy atom. The van der Waals surface area contributed by atoms with Crippen molar-refractivity contribution in [2.75, 3.05) is 35.5 Å². The Balaban J connectivity index is 1.63. The van der Waals surface area contributed by atoms with Gasteiger partial charge in [-0.2, -0.15) is 0 Å². The molecule has 0 N–H and O–H groups in total. The average molecular weight is 754 g/mol. The largest absolute Gasteiger partial charge is 0.497 e. The summed E-state index contributed by atoms with van der Waals surface area (Å²) in [5.74, 6) is 3.32. The summed E-state index contributed by atoms with van der Waals surface area (Å²) in [7, 11) is 7.45. The first-order chi connectivity index (χ1) is 26.9. The second kappa shape index (κ2) is 15.4. The summed E-state index contributed by atoms with van der Waals surface area (Å²) in [6.45, 7) is 8.61. The van der Waals surface area contributed by atoms with Gasteiger partial charge in [-0.15, -0.1) is 0 Å². The molecule has 1 saturated heterocycles. The Hall–Kier alpha value is -5.71. The van der Waals surface area contributed by atoms with Crippen molar-refractivity contribution in [1.82, 2.24) is 4.57 Å². The predicted octanol–water partition coefficient (Wildman–Crippen LogP) is 8.79. The number of rotatable bonds is 13. The van der Waals surface area contributed by atoms with Crippen molar-refractivity contribution < 1.29 is 37.8 Å². The number of benzene rings is 5. The van der Waals surface area contributed by atoms with Crippen LogP contribution in [0.5, 0.6) is 28.7 Å². The van der Waals surface area contributed by atoms with E-state index in [1.807, 2.05) is 119 Å². The van der Waals surface area contributed by atoms with Gasteiger partial charge >= 0.3 is 7.12 Å². The van der Waals surface area contributed by atoms with Crippen LogP contribution in [0.2, 0.25) is 0 Å². The summed E-state index contributed by atoms with van der Waals surface area (Å²) in [6.07, 6.45) is 0.615. The van der Waals surface area contributed by atoms with Gasteiger partial charge in [0.05, 0.1) is 58.0 Å². The number of aromatic nitrogens is 1. The summed E-state index contributed by atoms with van der Waals surface area (Å²) >= 11 is 0. The Morgan fingerprint density at radius 2 is 1.05 bits per heavy atom. The van der Waals surface area contributed by atoms with E-state index in [-0.39, 0.29) is 5.78 Å². The summed E-state index contributed by atoms with van der Waals surface area (Å²) < 4.78 is 44.1. The zero-order valence-corrected chi connectivity index (χ0v) is 33.5. The molecule has 7 rings (SSSR count). The van der Waals surface area contributed by atoms with Crippen LogP contribution >= 0.6 is 0 Å². The molecule has 1 aromatic heterocycles. The van der Waals surface area contributed by atoms with Crippen molar-refractivity contribution in [3.05, 3.63) is 120 Å². The highest BCUT2D eigenvalue weighted by molar-refractivity contribution is 6.66. The van der Waals surface area contributed by atoms with E-state index in [2.05, 4.69) is 16.7 Å². The molecule has 9 nitrogen and oxygen atoms in total. The van der Waals surface area contributed by atoms with Crippen LogP contribution in [0.25, 0.3) is 33.2 Å². The first-order valence-electron chi connectivity index (χ1n) is 18.7. The van der Waals surface area contributed by atoms with Crippen LogP contribution in [-0.2, 0) is 22.3 Å². The molecule has 0 saturated carbocycles. The Bertz CT molecular complexity index is 2330. The van der Waals surface area contributed by atoms with Crippen molar-refractivity contribution in [2.24, 2.45) is 0 Å². The van der Waals surface area contributed by atoms with Crippen LogP contribution in [0.1, 0.15) is 49.3 Å². The van der Waals surface area contributed by atoms with Crippen molar-refractivity contribution >= 4 is 29.3 Å². The van der Waals surface area contributed by atoms with Crippen molar-refractivity contribution in [2.45, 2.75) is 51.9 Å². The minimum Gasteiger partial charge on any atom is -0.497 e. The molecular weight excluding hydrogens is 705 g/mol. The van der Waals surface area contributed by atoms with Crippen LogP contribution in [0.3, 0.4) is 0 Å². The van der Waals surface area contributed by atoms with Gasteiger partial charge in [-0.25, -0.2) is 0 Å². The summed E-state index contributed by atoms with van der Waals surface area (Å²) in [5, 5.41) is 0.826. The quantitative estimate of drug-likeness (QED) is 0.0855. The van der Waals surface area contributed by atoms with Gasteiger partial charge in [0.15, 0.2) is 0 Å². The third-order valence-electron chi connectivity index (χ3n) is 11.2. The maximum Gasteiger partial charge on any atom is 0.495 e. The van der Waals surface area contributed by atoms with E-state index in [0.717, 1.165) is 55.7 Å². The highest BCUT2D eigenvalue weighted by Gasteiger charge is 2.53. The molecule has 288 valence electrons. The van der Waals surface area contributed by atoms with E-state index in [4.69, 9.17) is 33.0 Å². The second-order valence-corrected chi connectivity index (χ2v) is 14.8. The van der Waals surface area contributed by atoms with Gasteiger partial charge in [0, 0.05) is 28.6 Å². The molecule has 1 fully saturated rings. The van der Waals surface area contributed by atoms with E-state index in [0.29, 0.717) is 41.5 Å². The lowest BCUT2D eigenvalue weighted by atomic mass is 9.74. The summed E-state index contributed by atoms with van der Waals surface area (Å²) in [5.41, 5.74) is 5.72. The zero-order valence-electron chi connectivity index (χ0n) is 33.5. The number of aryl methyl sites for hydroxylation is 2. The number of ketones is 1. The predicted molar refractivity (Wildman–Crippen MR) is 221 cm³/mol. The first-order valence-corrected chi connectivity index (χ1v) is 18.7. The van der Waals surface area contributed by atoms with Crippen molar-refractivity contribution in [3.8, 4) is 51.0 Å². The number of fused-ring (bicyclic) bond motifs is 1. The fourth-order valence-electron chi connectivity index (χ4n) is 7.33. The fraction of sp³-hybridized carbons (Fsp3) is 0.283. The van der Waals surface area contributed by atoms with Gasteiger partial charge in [0.2, 0.25) is 5.78 Å². The number of carbonyl (C=O) groups is 1. The van der Waals surface area contributed by atoms with Gasteiger partial charge in [-0.3, -0.25) is 4.79 Å².